The molecule has 128 valence electrons. The minimum atomic E-state index is -0.778. The van der Waals surface area contributed by atoms with Crippen LogP contribution in [0.2, 0.25) is 0 Å². The van der Waals surface area contributed by atoms with Crippen LogP contribution in [0.25, 0.3) is 0 Å². The molecule has 0 N–H and O–H groups in total. The second-order valence-corrected chi connectivity index (χ2v) is 6.78. The Bertz CT molecular complexity index is 728. The Balaban J connectivity index is 1.59. The van der Waals surface area contributed by atoms with Crippen LogP contribution in [-0.4, -0.2) is 26.2 Å². The van der Waals surface area contributed by atoms with Crippen LogP contribution >= 0.6 is 0 Å². The molecule has 2 aliphatic rings. The van der Waals surface area contributed by atoms with E-state index in [0.717, 1.165) is 50.4 Å². The molecule has 0 bridgehead atoms. The van der Waals surface area contributed by atoms with Crippen LogP contribution in [0, 0.1) is 11.6 Å². The largest absolute Gasteiger partial charge is 0.314 e. The van der Waals surface area contributed by atoms with Crippen molar-refractivity contribution in [3.05, 3.63) is 47.0 Å². The number of hydrogen-bond donors (Lipinski definition) is 0. The molecular weight excluding hydrogens is 310 g/mol. The lowest BCUT2D eigenvalue weighted by Gasteiger charge is -2.24. The summed E-state index contributed by atoms with van der Waals surface area (Å²) in [5.74, 6) is 0.565. The van der Waals surface area contributed by atoms with Crippen LogP contribution in [0.5, 0.6) is 0 Å². The molecule has 1 saturated heterocycles. The molecular formula is C18H22F2N4. The second-order valence-electron chi connectivity index (χ2n) is 6.78. The average Bonchev–Trinajstić information content (AvgIpc) is 3.12. The van der Waals surface area contributed by atoms with Crippen LogP contribution in [-0.2, 0) is 19.5 Å². The Hall–Kier alpha value is -1.82. The summed E-state index contributed by atoms with van der Waals surface area (Å²) < 4.78 is 29.8. The Morgan fingerprint density at radius 3 is 2.88 bits per heavy atom. The van der Waals surface area contributed by atoms with Gasteiger partial charge >= 0.3 is 0 Å². The van der Waals surface area contributed by atoms with Gasteiger partial charge in [-0.1, -0.05) is 18.6 Å². The molecule has 4 rings (SSSR count). The molecule has 6 heteroatoms. The van der Waals surface area contributed by atoms with Gasteiger partial charge in [0.05, 0.1) is 6.04 Å². The normalized spacial score (nSPS) is 21.7. The van der Waals surface area contributed by atoms with Crippen LogP contribution in [0.1, 0.15) is 55.4 Å². The minimum absolute atomic E-state index is 0.145. The molecule has 2 aliphatic heterocycles. The predicted octanol–water partition coefficient (Wildman–Crippen LogP) is 3.62. The van der Waals surface area contributed by atoms with Gasteiger partial charge in [-0.2, -0.15) is 0 Å². The highest BCUT2D eigenvalue weighted by molar-refractivity contribution is 5.19. The van der Waals surface area contributed by atoms with Crippen LogP contribution in [0.3, 0.4) is 0 Å². The molecule has 1 aromatic heterocycles. The highest BCUT2D eigenvalue weighted by atomic mass is 19.2. The van der Waals surface area contributed by atoms with Crippen LogP contribution in [0.4, 0.5) is 8.78 Å². The third-order valence-electron chi connectivity index (χ3n) is 5.20. The van der Waals surface area contributed by atoms with Crippen molar-refractivity contribution in [1.82, 2.24) is 19.7 Å². The quantitative estimate of drug-likeness (QED) is 0.861. The fraction of sp³-hybridized carbons (Fsp3) is 0.556. The number of rotatable bonds is 3. The van der Waals surface area contributed by atoms with Gasteiger partial charge in [0.1, 0.15) is 11.6 Å². The van der Waals surface area contributed by atoms with Crippen molar-refractivity contribution in [1.29, 1.82) is 0 Å². The van der Waals surface area contributed by atoms with Gasteiger partial charge in [0.2, 0.25) is 0 Å². The number of likely N-dealkylation sites (tertiary alicyclic amines) is 1. The first-order valence-corrected chi connectivity index (χ1v) is 8.83. The third kappa shape index (κ3) is 2.83. The monoisotopic (exact) mass is 332 g/mol. The van der Waals surface area contributed by atoms with E-state index in [0.29, 0.717) is 12.1 Å². The number of fused-ring (bicyclic) bond motifs is 1. The Morgan fingerprint density at radius 2 is 1.96 bits per heavy atom. The molecule has 2 aromatic rings. The second kappa shape index (κ2) is 6.59. The number of benzene rings is 1. The predicted molar refractivity (Wildman–Crippen MR) is 86.3 cm³/mol. The van der Waals surface area contributed by atoms with E-state index in [9.17, 15) is 8.78 Å². The molecule has 24 heavy (non-hydrogen) atoms. The Labute approximate surface area is 140 Å². The highest BCUT2D eigenvalue weighted by Gasteiger charge is 2.32. The fourth-order valence-electron chi connectivity index (χ4n) is 3.95. The Morgan fingerprint density at radius 1 is 1.04 bits per heavy atom. The summed E-state index contributed by atoms with van der Waals surface area (Å²) in [5, 5.41) is 8.84. The maximum absolute atomic E-state index is 14.0. The van der Waals surface area contributed by atoms with Gasteiger partial charge in [0, 0.05) is 25.1 Å². The summed E-state index contributed by atoms with van der Waals surface area (Å²) in [4.78, 5) is 2.21. The number of aromatic nitrogens is 3. The van der Waals surface area contributed by atoms with Crippen molar-refractivity contribution < 1.29 is 8.78 Å². The molecule has 1 fully saturated rings. The topological polar surface area (TPSA) is 34.0 Å². The number of nitrogens with zero attached hydrogens (tertiary/aromatic N) is 4. The minimum Gasteiger partial charge on any atom is -0.314 e. The lowest BCUT2D eigenvalue weighted by molar-refractivity contribution is 0.230. The zero-order chi connectivity index (χ0) is 16.5. The van der Waals surface area contributed by atoms with E-state index in [1.54, 1.807) is 12.1 Å². The summed E-state index contributed by atoms with van der Waals surface area (Å²) in [5.41, 5.74) is 0.414. The summed E-state index contributed by atoms with van der Waals surface area (Å²) >= 11 is 0. The highest BCUT2D eigenvalue weighted by Crippen LogP contribution is 2.33. The molecule has 0 radical (unpaired) electrons. The van der Waals surface area contributed by atoms with Gasteiger partial charge in [-0.05, 0) is 38.3 Å². The van der Waals surface area contributed by atoms with E-state index in [1.165, 1.54) is 18.9 Å². The number of aryl methyl sites for hydroxylation is 1. The molecule has 0 amide bonds. The zero-order valence-corrected chi connectivity index (χ0v) is 13.7. The van der Waals surface area contributed by atoms with Crippen LogP contribution in [0.15, 0.2) is 18.2 Å². The Kier molecular flexibility index (Phi) is 4.31. The van der Waals surface area contributed by atoms with E-state index in [4.69, 9.17) is 0 Å². The van der Waals surface area contributed by atoms with Crippen molar-refractivity contribution in [3.63, 3.8) is 0 Å². The first-order valence-electron chi connectivity index (χ1n) is 8.83. The number of hydrogen-bond acceptors (Lipinski definition) is 3. The molecule has 0 aliphatic carbocycles. The van der Waals surface area contributed by atoms with Crippen molar-refractivity contribution in [3.8, 4) is 0 Å². The fourth-order valence-corrected chi connectivity index (χ4v) is 3.95. The lowest BCUT2D eigenvalue weighted by Crippen LogP contribution is -2.26. The van der Waals surface area contributed by atoms with E-state index in [-0.39, 0.29) is 6.04 Å². The van der Waals surface area contributed by atoms with Crippen molar-refractivity contribution in [2.24, 2.45) is 0 Å². The summed E-state index contributed by atoms with van der Waals surface area (Å²) in [6, 6.07) is 4.55. The molecule has 1 aromatic carbocycles. The molecule has 1 atom stereocenters. The maximum atomic E-state index is 14.0. The van der Waals surface area contributed by atoms with Crippen molar-refractivity contribution in [2.45, 2.75) is 57.7 Å². The van der Waals surface area contributed by atoms with Crippen molar-refractivity contribution >= 4 is 0 Å². The lowest BCUT2D eigenvalue weighted by atomic mass is 10.1. The average molecular weight is 332 g/mol. The van der Waals surface area contributed by atoms with E-state index in [1.807, 2.05) is 0 Å². The van der Waals surface area contributed by atoms with Gasteiger partial charge in [0.15, 0.2) is 11.6 Å². The van der Waals surface area contributed by atoms with Crippen molar-refractivity contribution in [2.75, 3.05) is 6.54 Å². The van der Waals surface area contributed by atoms with Gasteiger partial charge < -0.3 is 4.57 Å². The third-order valence-corrected chi connectivity index (χ3v) is 5.20. The summed E-state index contributed by atoms with van der Waals surface area (Å²) in [6.07, 6.45) is 6.58. The molecule has 4 nitrogen and oxygen atoms in total. The van der Waals surface area contributed by atoms with Gasteiger partial charge in [-0.25, -0.2) is 8.78 Å². The standard InChI is InChI=1S/C18H22F2N4/c19-14-7-4-6-13(17(14)20)12-23-10-5-8-15(23)18-22-21-16-9-2-1-3-11-24(16)18/h4,6-7,15H,1-3,5,8-12H2. The van der Waals surface area contributed by atoms with Gasteiger partial charge in [-0.15, -0.1) is 10.2 Å². The van der Waals surface area contributed by atoms with E-state index >= 15 is 0 Å². The maximum Gasteiger partial charge on any atom is 0.163 e. The molecule has 0 spiro atoms. The van der Waals surface area contributed by atoms with E-state index < -0.39 is 11.6 Å². The van der Waals surface area contributed by atoms with Gasteiger partial charge in [0.25, 0.3) is 0 Å². The summed E-state index contributed by atoms with van der Waals surface area (Å²) in [7, 11) is 0. The molecule has 3 heterocycles. The summed E-state index contributed by atoms with van der Waals surface area (Å²) in [6.45, 7) is 2.26. The molecule has 1 unspecified atom stereocenters. The SMILES string of the molecule is Fc1cccc(CN2CCCC2c2nnc3n2CCCCC3)c1F. The molecule has 0 saturated carbocycles. The zero-order valence-electron chi connectivity index (χ0n) is 13.7. The van der Waals surface area contributed by atoms with Crippen LogP contribution < -0.4 is 0 Å². The smallest absolute Gasteiger partial charge is 0.163 e. The first-order chi connectivity index (χ1) is 11.7. The first kappa shape index (κ1) is 15.7. The van der Waals surface area contributed by atoms with E-state index in [2.05, 4.69) is 19.7 Å². The van der Waals surface area contributed by atoms with Gasteiger partial charge in [-0.3, -0.25) is 4.90 Å². The number of halogens is 2.